The first kappa shape index (κ1) is 15.4. The highest BCUT2D eigenvalue weighted by molar-refractivity contribution is 7.11. The molecule has 0 spiro atoms. The quantitative estimate of drug-likeness (QED) is 0.825. The third-order valence-corrected chi connectivity index (χ3v) is 3.36. The zero-order chi connectivity index (χ0) is 11.1. The second-order valence-corrected chi connectivity index (χ2v) is 4.64. The summed E-state index contributed by atoms with van der Waals surface area (Å²) in [5.74, 6) is 0.0897. The van der Waals surface area contributed by atoms with Gasteiger partial charge in [-0.25, -0.2) is 0 Å². The largest absolute Gasteiger partial charge is 0.351 e. The van der Waals surface area contributed by atoms with Gasteiger partial charge < -0.3 is 11.1 Å². The number of hydrogen-bond acceptors (Lipinski definition) is 3. The molecule has 1 aromatic rings. The molecule has 0 aliphatic rings. The Morgan fingerprint density at radius 2 is 2.12 bits per heavy atom. The molecule has 0 aromatic carbocycles. The Balaban J connectivity index is 0.00000225. The van der Waals surface area contributed by atoms with Gasteiger partial charge in [0, 0.05) is 16.2 Å². The summed E-state index contributed by atoms with van der Waals surface area (Å²) in [6.07, 6.45) is 2.35. The average molecular weight is 263 g/mol. The number of halogens is 1. The van der Waals surface area contributed by atoms with Crippen LogP contribution in [0.2, 0.25) is 0 Å². The van der Waals surface area contributed by atoms with Crippen molar-refractivity contribution in [2.45, 2.75) is 32.7 Å². The van der Waals surface area contributed by atoms with E-state index in [-0.39, 0.29) is 18.3 Å². The monoisotopic (exact) mass is 262 g/mol. The standard InChI is InChI=1S/C11H18N2OS.ClH/c1-2-9-5-6-10(15-9)8-13-11(14)4-3-7-12;/h5-6H,2-4,7-8,12H2,1H3,(H,13,14);1H. The zero-order valence-electron chi connectivity index (χ0n) is 9.49. The molecule has 0 aliphatic carbocycles. The van der Waals surface area contributed by atoms with Gasteiger partial charge in [0.25, 0.3) is 0 Å². The maximum absolute atomic E-state index is 11.3. The summed E-state index contributed by atoms with van der Waals surface area (Å²) in [6, 6.07) is 4.19. The number of aryl methyl sites for hydroxylation is 1. The molecule has 0 bridgehead atoms. The molecule has 0 fully saturated rings. The summed E-state index contributed by atoms with van der Waals surface area (Å²) < 4.78 is 0. The van der Waals surface area contributed by atoms with Crippen LogP contribution in [0, 0.1) is 0 Å². The number of hydrogen-bond donors (Lipinski definition) is 2. The number of nitrogens with two attached hydrogens (primary N) is 1. The molecular formula is C11H19ClN2OS. The van der Waals surface area contributed by atoms with Crippen LogP contribution in [0.3, 0.4) is 0 Å². The van der Waals surface area contributed by atoms with Gasteiger partial charge in [-0.05, 0) is 31.5 Å². The van der Waals surface area contributed by atoms with E-state index in [9.17, 15) is 4.79 Å². The molecule has 0 saturated heterocycles. The van der Waals surface area contributed by atoms with Crippen molar-refractivity contribution in [3.8, 4) is 0 Å². The average Bonchev–Trinajstić information content (AvgIpc) is 2.71. The summed E-state index contributed by atoms with van der Waals surface area (Å²) in [6.45, 7) is 3.36. The number of carbonyl (C=O) groups excluding carboxylic acids is 1. The van der Waals surface area contributed by atoms with Crippen molar-refractivity contribution in [2.75, 3.05) is 6.54 Å². The lowest BCUT2D eigenvalue weighted by molar-refractivity contribution is -0.121. The lowest BCUT2D eigenvalue weighted by atomic mass is 10.3. The van der Waals surface area contributed by atoms with Gasteiger partial charge in [-0.3, -0.25) is 4.79 Å². The molecule has 1 heterocycles. The van der Waals surface area contributed by atoms with Gasteiger partial charge in [-0.15, -0.1) is 23.7 Å². The van der Waals surface area contributed by atoms with Gasteiger partial charge in [0.1, 0.15) is 0 Å². The van der Waals surface area contributed by atoms with Crippen LogP contribution >= 0.6 is 23.7 Å². The van der Waals surface area contributed by atoms with E-state index in [1.807, 2.05) is 0 Å². The van der Waals surface area contributed by atoms with Crippen LogP contribution in [0.25, 0.3) is 0 Å². The highest BCUT2D eigenvalue weighted by atomic mass is 35.5. The molecule has 92 valence electrons. The Labute approximate surface area is 107 Å². The molecule has 1 rings (SSSR count). The van der Waals surface area contributed by atoms with Crippen LogP contribution in [0.5, 0.6) is 0 Å². The molecule has 0 atom stereocenters. The number of thiophene rings is 1. The Bertz CT molecular complexity index is 315. The lowest BCUT2D eigenvalue weighted by Gasteiger charge is -2.02. The molecule has 1 aromatic heterocycles. The Morgan fingerprint density at radius 1 is 1.44 bits per heavy atom. The summed E-state index contributed by atoms with van der Waals surface area (Å²) >= 11 is 1.76. The molecular weight excluding hydrogens is 244 g/mol. The van der Waals surface area contributed by atoms with E-state index < -0.39 is 0 Å². The molecule has 1 amide bonds. The Morgan fingerprint density at radius 3 is 2.69 bits per heavy atom. The second kappa shape index (κ2) is 8.56. The lowest BCUT2D eigenvalue weighted by Crippen LogP contribution is -2.22. The SMILES string of the molecule is CCc1ccc(CNC(=O)CCCN)s1.Cl. The first-order valence-electron chi connectivity index (χ1n) is 5.30. The summed E-state index contributed by atoms with van der Waals surface area (Å²) in [4.78, 5) is 13.9. The molecule has 0 saturated carbocycles. The van der Waals surface area contributed by atoms with E-state index in [0.29, 0.717) is 19.5 Å². The fraction of sp³-hybridized carbons (Fsp3) is 0.545. The number of carbonyl (C=O) groups is 1. The Kier molecular flexibility index (Phi) is 8.25. The van der Waals surface area contributed by atoms with Gasteiger partial charge in [-0.1, -0.05) is 6.92 Å². The third-order valence-electron chi connectivity index (χ3n) is 2.13. The van der Waals surface area contributed by atoms with Crippen LogP contribution in [-0.2, 0) is 17.8 Å². The summed E-state index contributed by atoms with van der Waals surface area (Å²) in [5, 5.41) is 2.89. The van der Waals surface area contributed by atoms with E-state index >= 15 is 0 Å². The number of rotatable bonds is 6. The van der Waals surface area contributed by atoms with E-state index in [1.54, 1.807) is 11.3 Å². The van der Waals surface area contributed by atoms with E-state index in [0.717, 1.165) is 12.8 Å². The molecule has 0 aliphatic heterocycles. The zero-order valence-corrected chi connectivity index (χ0v) is 11.1. The summed E-state index contributed by atoms with van der Waals surface area (Å²) in [5.41, 5.74) is 5.33. The second-order valence-electron chi connectivity index (χ2n) is 3.39. The van der Waals surface area contributed by atoms with Crippen molar-refractivity contribution in [1.82, 2.24) is 5.32 Å². The van der Waals surface area contributed by atoms with Crippen LogP contribution < -0.4 is 11.1 Å². The van der Waals surface area contributed by atoms with E-state index in [4.69, 9.17) is 5.73 Å². The van der Waals surface area contributed by atoms with Gasteiger partial charge in [0.2, 0.25) is 5.91 Å². The van der Waals surface area contributed by atoms with Crippen LogP contribution in [0.4, 0.5) is 0 Å². The smallest absolute Gasteiger partial charge is 0.220 e. The van der Waals surface area contributed by atoms with Crippen molar-refractivity contribution in [2.24, 2.45) is 5.73 Å². The fourth-order valence-corrected chi connectivity index (χ4v) is 2.14. The van der Waals surface area contributed by atoms with Crippen LogP contribution in [-0.4, -0.2) is 12.5 Å². The highest BCUT2D eigenvalue weighted by Crippen LogP contribution is 2.16. The van der Waals surface area contributed by atoms with Gasteiger partial charge in [0.15, 0.2) is 0 Å². The predicted octanol–water partition coefficient (Wildman–Crippen LogP) is 2.09. The van der Waals surface area contributed by atoms with Crippen LogP contribution in [0.15, 0.2) is 12.1 Å². The van der Waals surface area contributed by atoms with Gasteiger partial charge in [-0.2, -0.15) is 0 Å². The maximum atomic E-state index is 11.3. The molecule has 5 heteroatoms. The minimum atomic E-state index is 0. The third kappa shape index (κ3) is 5.49. The van der Waals surface area contributed by atoms with Crippen molar-refractivity contribution in [3.63, 3.8) is 0 Å². The molecule has 0 unspecified atom stereocenters. The molecule has 16 heavy (non-hydrogen) atoms. The van der Waals surface area contributed by atoms with E-state index in [1.165, 1.54) is 9.75 Å². The normalized spacial score (nSPS) is 9.62. The predicted molar refractivity (Wildman–Crippen MR) is 71.1 cm³/mol. The van der Waals surface area contributed by atoms with E-state index in [2.05, 4.69) is 24.4 Å². The number of amides is 1. The van der Waals surface area contributed by atoms with Crippen molar-refractivity contribution in [3.05, 3.63) is 21.9 Å². The van der Waals surface area contributed by atoms with Gasteiger partial charge >= 0.3 is 0 Å². The minimum absolute atomic E-state index is 0. The maximum Gasteiger partial charge on any atom is 0.220 e. The Hall–Kier alpha value is -0.580. The first-order chi connectivity index (χ1) is 7.26. The fourth-order valence-electron chi connectivity index (χ4n) is 1.24. The van der Waals surface area contributed by atoms with Crippen LogP contribution in [0.1, 0.15) is 29.5 Å². The van der Waals surface area contributed by atoms with Crippen molar-refractivity contribution < 1.29 is 4.79 Å². The minimum Gasteiger partial charge on any atom is -0.351 e. The molecule has 3 N–H and O–H groups in total. The summed E-state index contributed by atoms with van der Waals surface area (Å²) in [7, 11) is 0. The first-order valence-corrected chi connectivity index (χ1v) is 6.12. The molecule has 0 radical (unpaired) electrons. The number of nitrogens with one attached hydrogen (secondary N) is 1. The highest BCUT2D eigenvalue weighted by Gasteiger charge is 2.02. The topological polar surface area (TPSA) is 55.1 Å². The van der Waals surface area contributed by atoms with Crippen molar-refractivity contribution in [1.29, 1.82) is 0 Å². The van der Waals surface area contributed by atoms with Gasteiger partial charge in [0.05, 0.1) is 6.54 Å². The molecule has 3 nitrogen and oxygen atoms in total. The van der Waals surface area contributed by atoms with Crippen molar-refractivity contribution >= 4 is 29.7 Å².